The van der Waals surface area contributed by atoms with Crippen LogP contribution in [0, 0.1) is 6.92 Å². The molecule has 0 saturated carbocycles. The second kappa shape index (κ2) is 9.71. The van der Waals surface area contributed by atoms with Crippen LogP contribution in [0.25, 0.3) is 22.6 Å². The van der Waals surface area contributed by atoms with Crippen molar-refractivity contribution in [2.45, 2.75) is 38.6 Å². The van der Waals surface area contributed by atoms with Gasteiger partial charge in [0.2, 0.25) is 23.2 Å². The second-order valence-corrected chi connectivity index (χ2v) is 9.61. The van der Waals surface area contributed by atoms with Gasteiger partial charge in [-0.05, 0) is 43.2 Å². The summed E-state index contributed by atoms with van der Waals surface area (Å²) in [6.07, 6.45) is 0.0959. The van der Waals surface area contributed by atoms with E-state index in [4.69, 9.17) is 20.8 Å². The monoisotopic (exact) mass is 506 g/mol. The zero-order valence-electron chi connectivity index (χ0n) is 19.5. The fraction of sp³-hybridized carbons (Fsp3) is 0.231. The number of anilines is 1. The lowest BCUT2D eigenvalue weighted by atomic mass is 10.1. The van der Waals surface area contributed by atoms with Gasteiger partial charge in [0.05, 0.1) is 5.69 Å². The van der Waals surface area contributed by atoms with Crippen molar-refractivity contribution in [3.8, 4) is 28.5 Å². The van der Waals surface area contributed by atoms with Crippen LogP contribution >= 0.6 is 23.4 Å². The number of carbonyl (C=O) groups excluding carboxylic acids is 1. The summed E-state index contributed by atoms with van der Waals surface area (Å²) in [5, 5.41) is 9.88. The molecule has 4 aromatic rings. The summed E-state index contributed by atoms with van der Waals surface area (Å²) in [4.78, 5) is 19.1. The Balaban J connectivity index is 1.62. The number of carbonyl (C=O) groups is 1. The van der Waals surface area contributed by atoms with E-state index in [1.54, 1.807) is 11.0 Å². The maximum Gasteiger partial charge on any atom is 0.247 e. The van der Waals surface area contributed by atoms with E-state index >= 15 is 0 Å². The van der Waals surface area contributed by atoms with Gasteiger partial charge in [-0.15, -0.1) is 10.2 Å². The maximum atomic E-state index is 12.9. The predicted molar refractivity (Wildman–Crippen MR) is 137 cm³/mol. The molecule has 3 heterocycles. The summed E-state index contributed by atoms with van der Waals surface area (Å²) in [6, 6.07) is 16.9. The molecule has 0 radical (unpaired) electrons. The molecule has 1 atom stereocenters. The SMILES string of the molecule is CCCSc1nnc2c(n1)O[C@H](c1ccc(-c3ccc(C)c(Cl)c3)o1)N(C(C)=O)c1ccccc1-2. The van der Waals surface area contributed by atoms with Crippen LogP contribution in [0.4, 0.5) is 5.69 Å². The summed E-state index contributed by atoms with van der Waals surface area (Å²) in [5.74, 6) is 2.03. The minimum absolute atomic E-state index is 0.208. The molecule has 1 aliphatic rings. The summed E-state index contributed by atoms with van der Waals surface area (Å²) in [6.45, 7) is 5.53. The number of fused-ring (bicyclic) bond motifs is 3. The van der Waals surface area contributed by atoms with Crippen LogP contribution in [0.3, 0.4) is 0 Å². The fourth-order valence-corrected chi connectivity index (χ4v) is 4.69. The highest BCUT2D eigenvalue weighted by Gasteiger charge is 2.36. The quantitative estimate of drug-likeness (QED) is 0.278. The molecule has 0 bridgehead atoms. The third kappa shape index (κ3) is 4.51. The van der Waals surface area contributed by atoms with Crippen LogP contribution in [0.5, 0.6) is 5.88 Å². The number of rotatable bonds is 5. The number of furan rings is 1. The van der Waals surface area contributed by atoms with E-state index < -0.39 is 6.23 Å². The minimum Gasteiger partial charge on any atom is -0.455 e. The fourth-order valence-electron chi connectivity index (χ4n) is 3.88. The van der Waals surface area contributed by atoms with Gasteiger partial charge in [-0.2, -0.15) is 4.98 Å². The average Bonchev–Trinajstić information content (AvgIpc) is 3.29. The molecule has 5 rings (SSSR count). The summed E-state index contributed by atoms with van der Waals surface area (Å²) in [7, 11) is 0. The topological polar surface area (TPSA) is 81.3 Å². The first-order chi connectivity index (χ1) is 17.0. The number of halogens is 1. The van der Waals surface area contributed by atoms with Crippen molar-refractivity contribution in [3.63, 3.8) is 0 Å². The van der Waals surface area contributed by atoms with Crippen molar-refractivity contribution >= 4 is 35.0 Å². The van der Waals surface area contributed by atoms with Crippen molar-refractivity contribution in [3.05, 3.63) is 70.9 Å². The highest BCUT2D eigenvalue weighted by Crippen LogP contribution is 2.44. The van der Waals surface area contributed by atoms with E-state index in [1.165, 1.54) is 18.7 Å². The van der Waals surface area contributed by atoms with Gasteiger partial charge in [-0.1, -0.05) is 60.6 Å². The molecule has 7 nitrogen and oxygen atoms in total. The zero-order valence-corrected chi connectivity index (χ0v) is 21.1. The van der Waals surface area contributed by atoms with Crippen molar-refractivity contribution in [1.82, 2.24) is 15.2 Å². The third-order valence-corrected chi connectivity index (χ3v) is 7.06. The highest BCUT2D eigenvalue weighted by atomic mass is 35.5. The smallest absolute Gasteiger partial charge is 0.247 e. The number of hydrogen-bond acceptors (Lipinski definition) is 7. The molecular weight excluding hydrogens is 484 g/mol. The molecule has 0 N–H and O–H groups in total. The molecule has 1 aliphatic heterocycles. The van der Waals surface area contributed by atoms with Gasteiger partial charge >= 0.3 is 0 Å². The van der Waals surface area contributed by atoms with Crippen molar-refractivity contribution < 1.29 is 13.9 Å². The molecule has 0 aliphatic carbocycles. The van der Waals surface area contributed by atoms with Gasteiger partial charge in [0.15, 0.2) is 11.5 Å². The van der Waals surface area contributed by atoms with Crippen LogP contribution in [0.2, 0.25) is 5.02 Å². The Morgan fingerprint density at radius 3 is 2.74 bits per heavy atom. The molecule has 0 spiro atoms. The lowest BCUT2D eigenvalue weighted by Gasteiger charge is -2.28. The molecule has 9 heteroatoms. The summed E-state index contributed by atoms with van der Waals surface area (Å²) >= 11 is 7.83. The Morgan fingerprint density at radius 2 is 1.97 bits per heavy atom. The Labute approximate surface area is 212 Å². The molecule has 0 unspecified atom stereocenters. The lowest BCUT2D eigenvalue weighted by Crippen LogP contribution is -2.35. The van der Waals surface area contributed by atoms with Crippen LogP contribution in [-0.2, 0) is 4.79 Å². The number of benzene rings is 2. The van der Waals surface area contributed by atoms with Crippen LogP contribution in [0.15, 0.2) is 64.2 Å². The molecule has 178 valence electrons. The van der Waals surface area contributed by atoms with Gasteiger partial charge in [0.25, 0.3) is 0 Å². The van der Waals surface area contributed by atoms with Gasteiger partial charge in [-0.3, -0.25) is 9.69 Å². The van der Waals surface area contributed by atoms with Gasteiger partial charge in [0.1, 0.15) is 5.76 Å². The van der Waals surface area contributed by atoms with E-state index in [1.807, 2.05) is 55.5 Å². The van der Waals surface area contributed by atoms with Crippen molar-refractivity contribution in [2.75, 3.05) is 10.7 Å². The highest BCUT2D eigenvalue weighted by molar-refractivity contribution is 7.99. The van der Waals surface area contributed by atoms with Crippen LogP contribution < -0.4 is 9.64 Å². The number of nitrogens with zero attached hydrogens (tertiary/aromatic N) is 4. The van der Waals surface area contributed by atoms with E-state index in [0.29, 0.717) is 44.5 Å². The van der Waals surface area contributed by atoms with Gasteiger partial charge in [-0.25, -0.2) is 0 Å². The minimum atomic E-state index is -0.884. The summed E-state index contributed by atoms with van der Waals surface area (Å²) in [5.41, 5.74) is 3.65. The molecule has 35 heavy (non-hydrogen) atoms. The molecule has 0 fully saturated rings. The summed E-state index contributed by atoms with van der Waals surface area (Å²) < 4.78 is 12.6. The molecule has 0 saturated heterocycles. The van der Waals surface area contributed by atoms with E-state index in [9.17, 15) is 4.79 Å². The van der Waals surface area contributed by atoms with E-state index in [0.717, 1.165) is 23.3 Å². The predicted octanol–water partition coefficient (Wildman–Crippen LogP) is 6.71. The molecule has 2 aromatic heterocycles. The van der Waals surface area contributed by atoms with E-state index in [2.05, 4.69) is 22.1 Å². The number of amides is 1. The number of hydrogen-bond donors (Lipinski definition) is 0. The zero-order chi connectivity index (χ0) is 24.5. The third-order valence-electron chi connectivity index (χ3n) is 5.61. The van der Waals surface area contributed by atoms with Crippen molar-refractivity contribution in [2.24, 2.45) is 0 Å². The Kier molecular flexibility index (Phi) is 6.49. The van der Waals surface area contributed by atoms with E-state index in [-0.39, 0.29) is 5.91 Å². The first-order valence-corrected chi connectivity index (χ1v) is 12.6. The number of ether oxygens (including phenoxy) is 1. The van der Waals surface area contributed by atoms with Crippen LogP contribution in [-0.4, -0.2) is 26.8 Å². The van der Waals surface area contributed by atoms with Crippen LogP contribution in [0.1, 0.15) is 37.8 Å². The molecule has 2 aromatic carbocycles. The Bertz CT molecular complexity index is 1410. The maximum absolute atomic E-state index is 12.9. The standard InChI is InChI=1S/C26H23ClN4O3S/c1-4-13-35-26-28-24-23(29-30-26)18-7-5-6-8-20(18)31(16(3)32)25(34-24)22-12-11-21(33-22)17-10-9-15(2)19(27)14-17/h5-12,14,25H,4,13H2,1-3H3/t25-/m1/s1. The normalized spacial score (nSPS) is 14.6. The second-order valence-electron chi connectivity index (χ2n) is 8.14. The molecular formula is C26H23ClN4O3S. The average molecular weight is 507 g/mol. The number of aromatic nitrogens is 3. The number of thioether (sulfide) groups is 1. The van der Waals surface area contributed by atoms with Crippen molar-refractivity contribution in [1.29, 1.82) is 0 Å². The Hall–Kier alpha value is -3.36. The largest absolute Gasteiger partial charge is 0.455 e. The first-order valence-electron chi connectivity index (χ1n) is 11.3. The number of para-hydroxylation sites is 1. The first kappa shape index (κ1) is 23.4. The molecule has 1 amide bonds. The Morgan fingerprint density at radius 1 is 1.14 bits per heavy atom. The number of aryl methyl sites for hydroxylation is 1. The van der Waals surface area contributed by atoms with Gasteiger partial charge in [0, 0.05) is 28.8 Å². The lowest BCUT2D eigenvalue weighted by molar-refractivity contribution is -0.118. The van der Waals surface area contributed by atoms with Gasteiger partial charge < -0.3 is 9.15 Å².